The predicted octanol–water partition coefficient (Wildman–Crippen LogP) is 1.69. The smallest absolute Gasteiger partial charge is 0.225 e. The molecule has 17 heavy (non-hydrogen) atoms. The molecule has 0 radical (unpaired) electrons. The molecular weight excluding hydrogens is 242 g/mol. The molecule has 1 aromatic carbocycles. The van der Waals surface area contributed by atoms with Gasteiger partial charge in [0.05, 0.1) is 24.7 Å². The highest BCUT2D eigenvalue weighted by molar-refractivity contribution is 6.32. The Morgan fingerprint density at radius 3 is 2.71 bits per heavy atom. The molecule has 0 saturated carbocycles. The molecule has 94 valence electrons. The average Bonchev–Trinajstić information content (AvgIpc) is 2.30. The molecule has 1 aromatic rings. The van der Waals surface area contributed by atoms with Gasteiger partial charge in [-0.3, -0.25) is 4.79 Å². The second kappa shape index (κ2) is 6.47. The molecule has 0 atom stereocenters. The number of hydrogen-bond donors (Lipinski definition) is 1. The van der Waals surface area contributed by atoms with Crippen molar-refractivity contribution in [3.63, 3.8) is 0 Å². The van der Waals surface area contributed by atoms with Crippen LogP contribution in [0.25, 0.3) is 0 Å². The van der Waals surface area contributed by atoms with Crippen LogP contribution in [0.3, 0.4) is 0 Å². The van der Waals surface area contributed by atoms with Gasteiger partial charge in [-0.05, 0) is 17.7 Å². The summed E-state index contributed by atoms with van der Waals surface area (Å²) in [5.41, 5.74) is 0.728. The molecule has 0 saturated heterocycles. The van der Waals surface area contributed by atoms with E-state index in [4.69, 9.17) is 21.4 Å². The van der Waals surface area contributed by atoms with Crippen LogP contribution in [0, 0.1) is 0 Å². The lowest BCUT2D eigenvalue weighted by atomic mass is 10.2. The topological polar surface area (TPSA) is 49.8 Å². The molecule has 1 N–H and O–H groups in total. The summed E-state index contributed by atoms with van der Waals surface area (Å²) < 4.78 is 5.40. The Kier molecular flexibility index (Phi) is 5.25. The molecule has 0 fully saturated rings. The van der Waals surface area contributed by atoms with Crippen molar-refractivity contribution in [1.29, 1.82) is 0 Å². The third kappa shape index (κ3) is 4.24. The molecular formula is C12H16ClNO3. The van der Waals surface area contributed by atoms with Crippen molar-refractivity contribution in [3.05, 3.63) is 28.8 Å². The molecule has 0 bridgehead atoms. The van der Waals surface area contributed by atoms with E-state index in [1.54, 1.807) is 32.3 Å². The van der Waals surface area contributed by atoms with Gasteiger partial charge in [0.25, 0.3) is 0 Å². The van der Waals surface area contributed by atoms with Crippen molar-refractivity contribution in [2.75, 3.05) is 20.7 Å². The number of carbonyl (C=O) groups is 1. The lowest BCUT2D eigenvalue weighted by Gasteiger charge is -2.12. The average molecular weight is 258 g/mol. The highest BCUT2D eigenvalue weighted by Gasteiger charge is 2.06. The quantitative estimate of drug-likeness (QED) is 0.873. The van der Waals surface area contributed by atoms with Crippen molar-refractivity contribution in [2.45, 2.75) is 13.0 Å². The standard InChI is InChI=1S/C12H16ClNO3/c1-14(2)12(16)5-6-17-11-4-3-9(8-15)7-10(11)13/h3-4,7,15H,5-6,8H2,1-2H3. The second-order valence-electron chi connectivity index (χ2n) is 3.81. The van der Waals surface area contributed by atoms with E-state index in [1.807, 2.05) is 0 Å². The SMILES string of the molecule is CN(C)C(=O)CCOc1ccc(CO)cc1Cl. The molecule has 4 nitrogen and oxygen atoms in total. The summed E-state index contributed by atoms with van der Waals surface area (Å²) in [6.45, 7) is 0.230. The van der Waals surface area contributed by atoms with E-state index in [9.17, 15) is 4.79 Å². The Labute approximate surface area is 106 Å². The number of nitrogens with zero attached hydrogens (tertiary/aromatic N) is 1. The van der Waals surface area contributed by atoms with Crippen LogP contribution in [0.1, 0.15) is 12.0 Å². The summed E-state index contributed by atoms with van der Waals surface area (Å²) in [4.78, 5) is 12.8. The van der Waals surface area contributed by atoms with Crippen molar-refractivity contribution in [1.82, 2.24) is 4.90 Å². The normalized spacial score (nSPS) is 10.1. The molecule has 0 unspecified atom stereocenters. The van der Waals surface area contributed by atoms with Crippen LogP contribution in [-0.2, 0) is 11.4 Å². The van der Waals surface area contributed by atoms with E-state index in [1.165, 1.54) is 4.90 Å². The number of aliphatic hydroxyl groups is 1. The van der Waals surface area contributed by atoms with E-state index >= 15 is 0 Å². The van der Waals surface area contributed by atoms with Crippen LogP contribution < -0.4 is 4.74 Å². The lowest BCUT2D eigenvalue weighted by Crippen LogP contribution is -2.23. The molecule has 0 heterocycles. The van der Waals surface area contributed by atoms with Gasteiger partial charge >= 0.3 is 0 Å². The van der Waals surface area contributed by atoms with Crippen LogP contribution in [-0.4, -0.2) is 36.6 Å². The van der Waals surface area contributed by atoms with Gasteiger partial charge in [-0.25, -0.2) is 0 Å². The fourth-order valence-electron chi connectivity index (χ4n) is 1.23. The minimum absolute atomic E-state index is 0.00750. The van der Waals surface area contributed by atoms with Crippen LogP contribution in [0.2, 0.25) is 5.02 Å². The van der Waals surface area contributed by atoms with Crippen molar-refractivity contribution < 1.29 is 14.6 Å². The minimum atomic E-state index is -0.0564. The molecule has 0 aliphatic heterocycles. The van der Waals surface area contributed by atoms with Gasteiger partial charge in [0.2, 0.25) is 5.91 Å². The first-order valence-corrected chi connectivity index (χ1v) is 5.64. The number of carbonyl (C=O) groups excluding carboxylic acids is 1. The largest absolute Gasteiger partial charge is 0.491 e. The van der Waals surface area contributed by atoms with E-state index in [0.717, 1.165) is 5.56 Å². The van der Waals surface area contributed by atoms with E-state index in [0.29, 0.717) is 17.2 Å². The van der Waals surface area contributed by atoms with Crippen LogP contribution in [0.5, 0.6) is 5.75 Å². The Balaban J connectivity index is 2.50. The van der Waals surface area contributed by atoms with Crippen LogP contribution in [0.15, 0.2) is 18.2 Å². The van der Waals surface area contributed by atoms with E-state index in [2.05, 4.69) is 0 Å². The van der Waals surface area contributed by atoms with Crippen LogP contribution >= 0.6 is 11.6 Å². The highest BCUT2D eigenvalue weighted by atomic mass is 35.5. The number of hydrogen-bond acceptors (Lipinski definition) is 3. The van der Waals surface area contributed by atoms with Crippen molar-refractivity contribution in [2.24, 2.45) is 0 Å². The maximum atomic E-state index is 11.3. The number of ether oxygens (including phenoxy) is 1. The molecule has 0 aliphatic rings. The third-order valence-corrected chi connectivity index (χ3v) is 2.55. The number of aliphatic hydroxyl groups excluding tert-OH is 1. The number of amides is 1. The Hall–Kier alpha value is -1.26. The van der Waals surface area contributed by atoms with E-state index in [-0.39, 0.29) is 19.1 Å². The van der Waals surface area contributed by atoms with Gasteiger partial charge in [0, 0.05) is 14.1 Å². The lowest BCUT2D eigenvalue weighted by molar-refractivity contribution is -0.129. The zero-order valence-electron chi connectivity index (χ0n) is 9.94. The maximum Gasteiger partial charge on any atom is 0.225 e. The summed E-state index contributed by atoms with van der Waals surface area (Å²) >= 11 is 5.95. The highest BCUT2D eigenvalue weighted by Crippen LogP contribution is 2.25. The third-order valence-electron chi connectivity index (χ3n) is 2.25. The maximum absolute atomic E-state index is 11.3. The van der Waals surface area contributed by atoms with Gasteiger partial charge in [0.1, 0.15) is 5.75 Å². The summed E-state index contributed by atoms with van der Waals surface area (Å²) in [5.74, 6) is 0.531. The van der Waals surface area contributed by atoms with Gasteiger partial charge in [-0.15, -0.1) is 0 Å². The monoisotopic (exact) mass is 257 g/mol. The Morgan fingerprint density at radius 2 is 2.18 bits per heavy atom. The zero-order chi connectivity index (χ0) is 12.8. The zero-order valence-corrected chi connectivity index (χ0v) is 10.7. The molecule has 0 aliphatic carbocycles. The minimum Gasteiger partial charge on any atom is -0.491 e. The van der Waals surface area contributed by atoms with Crippen molar-refractivity contribution >= 4 is 17.5 Å². The molecule has 1 rings (SSSR count). The first-order valence-electron chi connectivity index (χ1n) is 5.27. The number of halogens is 1. The fourth-order valence-corrected chi connectivity index (χ4v) is 1.49. The van der Waals surface area contributed by atoms with Crippen LogP contribution in [0.4, 0.5) is 0 Å². The number of benzene rings is 1. The summed E-state index contributed by atoms with van der Waals surface area (Å²) in [7, 11) is 3.40. The Morgan fingerprint density at radius 1 is 1.47 bits per heavy atom. The van der Waals surface area contributed by atoms with Gasteiger partial charge in [-0.2, -0.15) is 0 Å². The molecule has 0 aromatic heterocycles. The summed E-state index contributed by atoms with van der Waals surface area (Å²) in [6, 6.07) is 5.06. The molecule has 1 amide bonds. The fraction of sp³-hybridized carbons (Fsp3) is 0.417. The van der Waals surface area contributed by atoms with Crippen molar-refractivity contribution in [3.8, 4) is 5.75 Å². The second-order valence-corrected chi connectivity index (χ2v) is 4.22. The summed E-state index contributed by atoms with van der Waals surface area (Å²) in [6.07, 6.45) is 0.311. The number of rotatable bonds is 5. The van der Waals surface area contributed by atoms with E-state index < -0.39 is 0 Å². The van der Waals surface area contributed by atoms with Gasteiger partial charge in [-0.1, -0.05) is 17.7 Å². The summed E-state index contributed by atoms with van der Waals surface area (Å²) in [5, 5.41) is 9.35. The van der Waals surface area contributed by atoms with Gasteiger partial charge < -0.3 is 14.7 Å². The molecule has 0 spiro atoms. The first-order chi connectivity index (χ1) is 8.04. The van der Waals surface area contributed by atoms with Gasteiger partial charge in [0.15, 0.2) is 0 Å². The predicted molar refractivity (Wildman–Crippen MR) is 66.2 cm³/mol. The molecule has 5 heteroatoms. The first kappa shape index (κ1) is 13.8. The Bertz CT molecular complexity index is 393.